The van der Waals surface area contributed by atoms with E-state index in [2.05, 4.69) is 0 Å². The second-order valence-electron chi connectivity index (χ2n) is 4.99. The predicted octanol–water partition coefficient (Wildman–Crippen LogP) is -1.89. The summed E-state index contributed by atoms with van der Waals surface area (Å²) in [4.78, 5) is 0. The van der Waals surface area contributed by atoms with Gasteiger partial charge in [-0.1, -0.05) is 20.8 Å². The summed E-state index contributed by atoms with van der Waals surface area (Å²) >= 11 is 0. The lowest BCUT2D eigenvalue weighted by Crippen LogP contribution is -2.57. The van der Waals surface area contributed by atoms with E-state index in [1.165, 1.54) is 6.92 Å². The molecule has 0 aliphatic rings. The third-order valence-electron chi connectivity index (χ3n) is 2.92. The maximum absolute atomic E-state index is 10.8. The standard InChI is InChI=1S/C10H23NO7S/c1-5(2)8(13)7(11-19(16,17)18)10(15)9(14)6(3)4-12/h5-15H,4H2,1-3H3,(H,16,17,18)/t6?,7?,8-,9+,10-/m0/s1. The van der Waals surface area contributed by atoms with Crippen molar-refractivity contribution in [1.29, 1.82) is 0 Å². The highest BCUT2D eigenvalue weighted by Crippen LogP contribution is 2.17. The molecule has 6 N–H and O–H groups in total. The fraction of sp³-hybridized carbons (Fsp3) is 1.00. The molecular weight excluding hydrogens is 278 g/mol. The van der Waals surface area contributed by atoms with Crippen molar-refractivity contribution in [2.45, 2.75) is 45.1 Å². The van der Waals surface area contributed by atoms with E-state index in [0.29, 0.717) is 0 Å². The average Bonchev–Trinajstić information content (AvgIpc) is 2.30. The Labute approximate surface area is 113 Å². The lowest BCUT2D eigenvalue weighted by molar-refractivity contribution is -0.0694. The molecule has 5 atom stereocenters. The molecule has 2 unspecified atom stereocenters. The van der Waals surface area contributed by atoms with Gasteiger partial charge in [0.1, 0.15) is 0 Å². The Morgan fingerprint density at radius 2 is 1.47 bits per heavy atom. The number of aliphatic hydroxyl groups is 4. The van der Waals surface area contributed by atoms with Crippen molar-refractivity contribution in [2.75, 3.05) is 6.61 Å². The third-order valence-corrected chi connectivity index (χ3v) is 3.49. The highest BCUT2D eigenvalue weighted by Gasteiger charge is 2.37. The quantitative estimate of drug-likeness (QED) is 0.287. The molecule has 0 aliphatic carbocycles. The maximum atomic E-state index is 10.8. The van der Waals surface area contributed by atoms with Gasteiger partial charge in [-0.2, -0.15) is 13.1 Å². The number of nitrogens with one attached hydrogen (secondary N) is 1. The van der Waals surface area contributed by atoms with Gasteiger partial charge in [0.25, 0.3) is 0 Å². The SMILES string of the molecule is CC(C)[C@H](O)C(NS(=O)(=O)O)[C@H](O)[C@H](O)C(C)CO. The Balaban J connectivity index is 5.12. The Bertz CT molecular complexity index is 359. The normalized spacial score (nSPS) is 20.9. The van der Waals surface area contributed by atoms with E-state index >= 15 is 0 Å². The zero-order chi connectivity index (χ0) is 15.4. The lowest BCUT2D eigenvalue weighted by atomic mass is 9.89. The summed E-state index contributed by atoms with van der Waals surface area (Å²) < 4.78 is 32.1. The van der Waals surface area contributed by atoms with Crippen LogP contribution in [0.1, 0.15) is 20.8 Å². The van der Waals surface area contributed by atoms with E-state index in [-0.39, 0.29) is 0 Å². The number of hydrogen-bond donors (Lipinski definition) is 6. The van der Waals surface area contributed by atoms with E-state index in [1.54, 1.807) is 18.6 Å². The summed E-state index contributed by atoms with van der Waals surface area (Å²) in [7, 11) is -4.66. The van der Waals surface area contributed by atoms with E-state index in [4.69, 9.17) is 9.66 Å². The zero-order valence-corrected chi connectivity index (χ0v) is 11.9. The molecule has 116 valence electrons. The first kappa shape index (κ1) is 18.7. The van der Waals surface area contributed by atoms with Crippen molar-refractivity contribution in [3.05, 3.63) is 0 Å². The van der Waals surface area contributed by atoms with Gasteiger partial charge >= 0.3 is 10.3 Å². The number of aliphatic hydroxyl groups excluding tert-OH is 4. The fourth-order valence-corrected chi connectivity index (χ4v) is 2.21. The summed E-state index contributed by atoms with van der Waals surface area (Å²) in [6, 6.07) is -1.49. The minimum absolute atomic E-state index is 0.422. The highest BCUT2D eigenvalue weighted by atomic mass is 32.2. The molecule has 0 amide bonds. The Kier molecular flexibility index (Phi) is 7.37. The highest BCUT2D eigenvalue weighted by molar-refractivity contribution is 7.83. The van der Waals surface area contributed by atoms with Gasteiger partial charge in [-0.25, -0.2) is 0 Å². The molecule has 8 nitrogen and oxygen atoms in total. The molecule has 0 rings (SSSR count). The minimum atomic E-state index is -4.66. The molecule has 0 aliphatic heterocycles. The van der Waals surface area contributed by atoms with E-state index < -0.39 is 53.1 Å². The van der Waals surface area contributed by atoms with Crippen molar-refractivity contribution in [3.63, 3.8) is 0 Å². The van der Waals surface area contributed by atoms with Gasteiger partial charge in [0.15, 0.2) is 0 Å². The van der Waals surface area contributed by atoms with Crippen LogP contribution < -0.4 is 4.72 Å². The smallest absolute Gasteiger partial charge is 0.333 e. The monoisotopic (exact) mass is 301 g/mol. The van der Waals surface area contributed by atoms with Crippen LogP contribution in [0.25, 0.3) is 0 Å². The van der Waals surface area contributed by atoms with Crippen molar-refractivity contribution >= 4 is 10.3 Å². The zero-order valence-electron chi connectivity index (χ0n) is 11.1. The largest absolute Gasteiger partial charge is 0.396 e. The first-order chi connectivity index (χ1) is 8.51. The van der Waals surface area contributed by atoms with E-state index in [1.807, 2.05) is 0 Å². The van der Waals surface area contributed by atoms with Crippen LogP contribution in [0.4, 0.5) is 0 Å². The molecule has 0 saturated carbocycles. The van der Waals surface area contributed by atoms with Crippen LogP contribution in [0.15, 0.2) is 0 Å². The topological polar surface area (TPSA) is 147 Å². The summed E-state index contributed by atoms with van der Waals surface area (Å²) in [5.74, 6) is -1.15. The van der Waals surface area contributed by atoms with Gasteiger partial charge in [-0.3, -0.25) is 4.55 Å². The van der Waals surface area contributed by atoms with Crippen LogP contribution >= 0.6 is 0 Å². The first-order valence-electron chi connectivity index (χ1n) is 5.91. The Hall–Kier alpha value is -0.290. The van der Waals surface area contributed by atoms with Crippen molar-refractivity contribution < 1.29 is 33.4 Å². The molecule has 0 heterocycles. The molecule has 0 bridgehead atoms. The molecule has 0 radical (unpaired) electrons. The molecule has 0 aromatic carbocycles. The van der Waals surface area contributed by atoms with Crippen LogP contribution in [0.5, 0.6) is 0 Å². The molecule has 0 aromatic heterocycles. The van der Waals surface area contributed by atoms with Gasteiger partial charge in [0.05, 0.1) is 24.4 Å². The van der Waals surface area contributed by atoms with Crippen molar-refractivity contribution in [1.82, 2.24) is 4.72 Å². The molecule has 9 heteroatoms. The van der Waals surface area contributed by atoms with Crippen molar-refractivity contribution in [3.8, 4) is 0 Å². The summed E-state index contributed by atoms with van der Waals surface area (Å²) in [6.45, 7) is 4.19. The molecule has 0 fully saturated rings. The van der Waals surface area contributed by atoms with Crippen LogP contribution in [0.3, 0.4) is 0 Å². The molecule has 19 heavy (non-hydrogen) atoms. The van der Waals surface area contributed by atoms with Gasteiger partial charge in [-0.15, -0.1) is 0 Å². The second-order valence-corrected chi connectivity index (χ2v) is 6.18. The third kappa shape index (κ3) is 6.13. The van der Waals surface area contributed by atoms with Gasteiger partial charge in [0, 0.05) is 12.5 Å². The summed E-state index contributed by atoms with van der Waals surface area (Å²) in [5.41, 5.74) is 0. The van der Waals surface area contributed by atoms with Crippen LogP contribution in [0, 0.1) is 11.8 Å². The average molecular weight is 301 g/mol. The van der Waals surface area contributed by atoms with Gasteiger partial charge in [-0.05, 0) is 5.92 Å². The number of hydrogen-bond acceptors (Lipinski definition) is 6. The molecule has 0 aromatic rings. The predicted molar refractivity (Wildman–Crippen MR) is 67.6 cm³/mol. The van der Waals surface area contributed by atoms with Crippen LogP contribution in [-0.4, -0.2) is 64.4 Å². The van der Waals surface area contributed by atoms with E-state index in [9.17, 15) is 23.7 Å². The first-order valence-corrected chi connectivity index (χ1v) is 7.35. The van der Waals surface area contributed by atoms with Gasteiger partial charge in [0.2, 0.25) is 0 Å². The van der Waals surface area contributed by atoms with Crippen LogP contribution in [0.2, 0.25) is 0 Å². The molecule has 0 saturated heterocycles. The second kappa shape index (κ2) is 7.48. The van der Waals surface area contributed by atoms with Crippen molar-refractivity contribution in [2.24, 2.45) is 11.8 Å². The maximum Gasteiger partial charge on any atom is 0.333 e. The Morgan fingerprint density at radius 1 is 1.00 bits per heavy atom. The Morgan fingerprint density at radius 3 is 1.79 bits per heavy atom. The minimum Gasteiger partial charge on any atom is -0.396 e. The lowest BCUT2D eigenvalue weighted by Gasteiger charge is -2.33. The summed E-state index contributed by atoms with van der Waals surface area (Å²) in [5, 5.41) is 38.4. The fourth-order valence-electron chi connectivity index (χ4n) is 1.59. The van der Waals surface area contributed by atoms with Crippen LogP contribution in [-0.2, 0) is 10.3 Å². The molecular formula is C10H23NO7S. The molecule has 0 spiro atoms. The number of rotatable bonds is 8. The van der Waals surface area contributed by atoms with Gasteiger partial charge < -0.3 is 20.4 Å². The van der Waals surface area contributed by atoms with E-state index in [0.717, 1.165) is 0 Å². The summed E-state index contributed by atoms with van der Waals surface area (Å²) in [6.07, 6.45) is -4.46.